The van der Waals surface area contributed by atoms with Gasteiger partial charge in [-0.2, -0.15) is 4.31 Å². The zero-order chi connectivity index (χ0) is 14.8. The van der Waals surface area contributed by atoms with Crippen LogP contribution in [0, 0.1) is 11.7 Å². The summed E-state index contributed by atoms with van der Waals surface area (Å²) < 4.78 is 40.2. The van der Waals surface area contributed by atoms with Gasteiger partial charge >= 0.3 is 0 Å². The molecule has 1 aliphatic carbocycles. The van der Waals surface area contributed by atoms with Gasteiger partial charge in [-0.05, 0) is 24.8 Å². The van der Waals surface area contributed by atoms with Crippen molar-refractivity contribution < 1.29 is 12.8 Å². The second-order valence-electron chi connectivity index (χ2n) is 5.66. The lowest BCUT2D eigenvalue weighted by molar-refractivity contribution is 0.386. The maximum atomic E-state index is 13.7. The lowest BCUT2D eigenvalue weighted by Crippen LogP contribution is -2.36. The van der Waals surface area contributed by atoms with Crippen LogP contribution in [0.4, 0.5) is 4.39 Å². The van der Waals surface area contributed by atoms with Crippen molar-refractivity contribution in [3.8, 4) is 0 Å². The third-order valence-electron chi connectivity index (χ3n) is 3.79. The van der Waals surface area contributed by atoms with Crippen molar-refractivity contribution in [3.63, 3.8) is 0 Å². The zero-order valence-corrected chi connectivity index (χ0v) is 12.9. The summed E-state index contributed by atoms with van der Waals surface area (Å²) in [6.45, 7) is 4.07. The number of hydrogen-bond donors (Lipinski definition) is 0. The molecular weight excluding hydrogens is 277 g/mol. The van der Waals surface area contributed by atoms with Crippen LogP contribution in [-0.2, 0) is 16.6 Å². The van der Waals surface area contributed by atoms with Crippen molar-refractivity contribution in [2.75, 3.05) is 5.75 Å². The lowest BCUT2D eigenvalue weighted by Gasteiger charge is -2.23. The molecule has 20 heavy (non-hydrogen) atoms. The number of hydrogen-bond acceptors (Lipinski definition) is 2. The van der Waals surface area contributed by atoms with E-state index in [2.05, 4.69) is 0 Å². The topological polar surface area (TPSA) is 37.4 Å². The molecule has 0 aliphatic heterocycles. The summed E-state index contributed by atoms with van der Waals surface area (Å²) in [5.41, 5.74) is 0.451. The van der Waals surface area contributed by atoms with E-state index in [1.165, 1.54) is 10.4 Å². The van der Waals surface area contributed by atoms with Gasteiger partial charge < -0.3 is 0 Å². The Morgan fingerprint density at radius 3 is 2.55 bits per heavy atom. The van der Waals surface area contributed by atoms with Gasteiger partial charge in [0.1, 0.15) is 5.82 Å². The molecule has 0 bridgehead atoms. The first-order chi connectivity index (χ1) is 9.44. The molecule has 1 aromatic rings. The van der Waals surface area contributed by atoms with E-state index in [1.54, 1.807) is 18.2 Å². The Labute approximate surface area is 120 Å². The molecule has 3 nitrogen and oxygen atoms in total. The van der Waals surface area contributed by atoms with Crippen molar-refractivity contribution in [2.45, 2.75) is 45.7 Å². The Morgan fingerprint density at radius 2 is 2.00 bits per heavy atom. The molecule has 1 fully saturated rings. The van der Waals surface area contributed by atoms with Crippen molar-refractivity contribution in [2.24, 2.45) is 5.92 Å². The highest BCUT2D eigenvalue weighted by atomic mass is 32.2. The summed E-state index contributed by atoms with van der Waals surface area (Å²) >= 11 is 0. The van der Waals surface area contributed by atoms with Crippen LogP contribution in [0.2, 0.25) is 0 Å². The molecule has 0 unspecified atom stereocenters. The molecule has 0 N–H and O–H groups in total. The van der Waals surface area contributed by atoms with Gasteiger partial charge in [0.2, 0.25) is 10.0 Å². The second-order valence-corrected chi connectivity index (χ2v) is 7.63. The average molecular weight is 299 g/mol. The summed E-state index contributed by atoms with van der Waals surface area (Å²) in [5.74, 6) is -0.0622. The zero-order valence-electron chi connectivity index (χ0n) is 12.0. The minimum atomic E-state index is -3.32. The van der Waals surface area contributed by atoms with Crippen LogP contribution in [-0.4, -0.2) is 24.5 Å². The molecule has 0 spiro atoms. The molecule has 5 heteroatoms. The monoisotopic (exact) mass is 299 g/mol. The van der Waals surface area contributed by atoms with E-state index in [1.807, 2.05) is 13.8 Å². The first kappa shape index (κ1) is 15.4. The molecule has 0 amide bonds. The Bertz CT molecular complexity index is 555. The molecule has 1 aromatic carbocycles. The summed E-state index contributed by atoms with van der Waals surface area (Å²) in [6.07, 6.45) is 2.60. The van der Waals surface area contributed by atoms with Gasteiger partial charge in [0.15, 0.2) is 0 Å². The SMILES string of the molecule is CC[C@H](C)CS(=O)(=O)N(Cc1ccccc1F)C1CC1. The molecular formula is C15H22FNO2S. The lowest BCUT2D eigenvalue weighted by atomic mass is 10.2. The Morgan fingerprint density at radius 1 is 1.35 bits per heavy atom. The van der Waals surface area contributed by atoms with Gasteiger partial charge in [-0.1, -0.05) is 38.5 Å². The van der Waals surface area contributed by atoms with E-state index >= 15 is 0 Å². The van der Waals surface area contributed by atoms with Gasteiger partial charge in [0.25, 0.3) is 0 Å². The van der Waals surface area contributed by atoms with Crippen molar-refractivity contribution in [1.29, 1.82) is 0 Å². The van der Waals surface area contributed by atoms with E-state index in [0.29, 0.717) is 5.56 Å². The Kier molecular flexibility index (Phi) is 4.81. The number of sulfonamides is 1. The molecule has 2 rings (SSSR count). The third-order valence-corrected chi connectivity index (χ3v) is 5.92. The maximum absolute atomic E-state index is 13.7. The summed E-state index contributed by atoms with van der Waals surface area (Å²) in [4.78, 5) is 0. The second kappa shape index (κ2) is 6.22. The van der Waals surface area contributed by atoms with Gasteiger partial charge in [-0.15, -0.1) is 0 Å². The van der Waals surface area contributed by atoms with Crippen LogP contribution in [0.25, 0.3) is 0 Å². The van der Waals surface area contributed by atoms with E-state index in [0.717, 1.165) is 19.3 Å². The quantitative estimate of drug-likeness (QED) is 0.775. The Hall–Kier alpha value is -0.940. The smallest absolute Gasteiger partial charge is 0.212 e. The molecule has 0 radical (unpaired) electrons. The van der Waals surface area contributed by atoms with Crippen molar-refractivity contribution >= 4 is 10.0 Å². The molecule has 0 aromatic heterocycles. The minimum Gasteiger partial charge on any atom is -0.212 e. The highest BCUT2D eigenvalue weighted by Crippen LogP contribution is 2.32. The number of rotatable bonds is 7. The number of halogens is 1. The first-order valence-corrected chi connectivity index (χ1v) is 8.78. The molecule has 1 aliphatic rings. The van der Waals surface area contributed by atoms with Crippen LogP contribution >= 0.6 is 0 Å². The predicted octanol–water partition coefficient (Wildman–Crippen LogP) is 3.17. The maximum Gasteiger partial charge on any atom is 0.214 e. The summed E-state index contributed by atoms with van der Waals surface area (Å²) in [7, 11) is -3.32. The van der Waals surface area contributed by atoms with Gasteiger partial charge in [-0.25, -0.2) is 12.8 Å². The standard InChI is InChI=1S/C15H22FNO2S/c1-3-12(2)11-20(18,19)17(14-8-9-14)10-13-6-4-5-7-15(13)16/h4-7,12,14H,3,8-11H2,1-2H3/t12-/m0/s1. The fraction of sp³-hybridized carbons (Fsp3) is 0.600. The largest absolute Gasteiger partial charge is 0.214 e. The van der Waals surface area contributed by atoms with Crippen molar-refractivity contribution in [3.05, 3.63) is 35.6 Å². The van der Waals surface area contributed by atoms with Crippen molar-refractivity contribution in [1.82, 2.24) is 4.31 Å². The van der Waals surface area contributed by atoms with Gasteiger partial charge in [0, 0.05) is 18.2 Å². The molecule has 112 valence electrons. The van der Waals surface area contributed by atoms with Crippen LogP contribution in [0.15, 0.2) is 24.3 Å². The van der Waals surface area contributed by atoms with E-state index in [4.69, 9.17) is 0 Å². The van der Waals surface area contributed by atoms with Gasteiger partial charge in [-0.3, -0.25) is 0 Å². The van der Waals surface area contributed by atoms with Gasteiger partial charge in [0.05, 0.1) is 5.75 Å². The average Bonchev–Trinajstić information content (AvgIpc) is 3.21. The molecule has 1 saturated carbocycles. The van der Waals surface area contributed by atoms with Crippen LogP contribution in [0.1, 0.15) is 38.7 Å². The van der Waals surface area contributed by atoms with E-state index in [-0.39, 0.29) is 30.1 Å². The molecule has 0 heterocycles. The number of benzene rings is 1. The predicted molar refractivity (Wildman–Crippen MR) is 78.2 cm³/mol. The van der Waals surface area contributed by atoms with Crippen LogP contribution < -0.4 is 0 Å². The Balaban J connectivity index is 2.17. The number of nitrogens with zero attached hydrogens (tertiary/aromatic N) is 1. The third kappa shape index (κ3) is 3.79. The van der Waals surface area contributed by atoms with E-state index in [9.17, 15) is 12.8 Å². The summed E-state index contributed by atoms with van der Waals surface area (Å²) in [6, 6.07) is 6.45. The van der Waals surface area contributed by atoms with Crippen LogP contribution in [0.3, 0.4) is 0 Å². The fourth-order valence-corrected chi connectivity index (χ4v) is 4.33. The molecule has 0 saturated heterocycles. The van der Waals surface area contributed by atoms with E-state index < -0.39 is 10.0 Å². The molecule has 1 atom stereocenters. The highest BCUT2D eigenvalue weighted by molar-refractivity contribution is 7.89. The normalized spacial score (nSPS) is 17.4. The fourth-order valence-electron chi connectivity index (χ4n) is 2.18. The minimum absolute atomic E-state index is 0.0589. The first-order valence-electron chi connectivity index (χ1n) is 7.17. The summed E-state index contributed by atoms with van der Waals surface area (Å²) in [5, 5.41) is 0. The van der Waals surface area contributed by atoms with Crippen LogP contribution in [0.5, 0.6) is 0 Å². The highest BCUT2D eigenvalue weighted by Gasteiger charge is 2.37.